The Bertz CT molecular complexity index is 1210. The molecule has 0 aromatic carbocycles. The Morgan fingerprint density at radius 1 is 1.29 bits per heavy atom. The maximum absolute atomic E-state index is 13.1. The fourth-order valence-electron chi connectivity index (χ4n) is 3.48. The van der Waals surface area contributed by atoms with Gasteiger partial charge in [-0.3, -0.25) is 33.4 Å². The molecule has 0 unspecified atom stereocenters. The third-order valence-corrected chi connectivity index (χ3v) is 8.89. The normalized spacial score (nSPS) is 19.4. The van der Waals surface area contributed by atoms with Crippen LogP contribution in [-0.2, 0) is 42.4 Å². The minimum atomic E-state index is -3.68. The molecule has 0 saturated carbocycles. The van der Waals surface area contributed by atoms with Crippen LogP contribution in [0.25, 0.3) is 0 Å². The fraction of sp³-hybridized carbons (Fsp3) is 0.500. The second kappa shape index (κ2) is 12.7. The molecule has 15 nitrogen and oxygen atoms in total. The molecule has 3 rings (SSSR count). The van der Waals surface area contributed by atoms with Crippen LogP contribution in [-0.4, -0.2) is 88.6 Å². The maximum atomic E-state index is 13.1. The average Bonchev–Trinajstić information content (AvgIpc) is 3.31. The van der Waals surface area contributed by atoms with Crippen molar-refractivity contribution in [3.63, 3.8) is 0 Å². The van der Waals surface area contributed by atoms with Crippen molar-refractivity contribution in [1.82, 2.24) is 15.2 Å². The van der Waals surface area contributed by atoms with E-state index in [0.29, 0.717) is 0 Å². The molecular weight excluding hydrogens is 565 g/mol. The first-order valence-electron chi connectivity index (χ1n) is 11.1. The van der Waals surface area contributed by atoms with E-state index in [-0.39, 0.29) is 53.4 Å². The van der Waals surface area contributed by atoms with E-state index in [4.69, 9.17) is 18.6 Å². The van der Waals surface area contributed by atoms with Crippen molar-refractivity contribution in [3.05, 3.63) is 22.3 Å². The summed E-state index contributed by atoms with van der Waals surface area (Å²) >= 11 is 2.22. The number of hydrogen-bond donors (Lipinski definition) is 3. The largest absolute Gasteiger partial charge is 0.477 e. The molecule has 18 heteroatoms. The highest BCUT2D eigenvalue weighted by atomic mass is 32.2. The quantitative estimate of drug-likeness (QED) is 0.0980. The number of thiazole rings is 1. The molecule has 1 fully saturated rings. The molecule has 2 aliphatic heterocycles. The van der Waals surface area contributed by atoms with E-state index < -0.39 is 42.9 Å². The number of thioether (sulfide) groups is 1. The van der Waals surface area contributed by atoms with E-state index in [2.05, 4.69) is 20.5 Å². The molecular formula is C20H26N5O10PS2. The van der Waals surface area contributed by atoms with Crippen molar-refractivity contribution < 1.29 is 47.5 Å². The Labute approximate surface area is 225 Å². The smallest absolute Gasteiger partial charge is 0.434 e. The Hall–Kier alpha value is -2.98. The summed E-state index contributed by atoms with van der Waals surface area (Å²) in [7, 11) is -2.46. The fourth-order valence-corrected chi connectivity index (χ4v) is 7.06. The second-order valence-corrected chi connectivity index (χ2v) is 11.2. The maximum Gasteiger partial charge on any atom is 0.434 e. The highest BCUT2D eigenvalue weighted by molar-refractivity contribution is 8.00. The van der Waals surface area contributed by atoms with Gasteiger partial charge in [-0.1, -0.05) is 5.16 Å². The highest BCUT2D eigenvalue weighted by Gasteiger charge is 2.54. The summed E-state index contributed by atoms with van der Waals surface area (Å²) in [5.41, 5.74) is -0.214. The summed E-state index contributed by atoms with van der Waals surface area (Å²) in [4.78, 5) is 59.0. The number of carbonyl (C=O) groups excluding carboxylic acids is 3. The molecule has 38 heavy (non-hydrogen) atoms. The molecule has 0 radical (unpaired) electrons. The molecule has 0 bridgehead atoms. The molecule has 3 heterocycles. The lowest BCUT2D eigenvalue weighted by Crippen LogP contribution is -2.71. The summed E-state index contributed by atoms with van der Waals surface area (Å²) in [5.74, 6) is -3.21. The van der Waals surface area contributed by atoms with Gasteiger partial charge in [-0.2, -0.15) is 0 Å². The summed E-state index contributed by atoms with van der Waals surface area (Å²) in [6.07, 6.45) is 0. The average molecular weight is 592 g/mol. The zero-order valence-corrected chi connectivity index (χ0v) is 23.3. The number of carboxylic acids is 1. The first kappa shape index (κ1) is 29.6. The van der Waals surface area contributed by atoms with Crippen molar-refractivity contribution in [1.29, 1.82) is 0 Å². The summed E-state index contributed by atoms with van der Waals surface area (Å²) < 4.78 is 28.0. The van der Waals surface area contributed by atoms with Gasteiger partial charge in [0.2, 0.25) is 0 Å². The van der Waals surface area contributed by atoms with Gasteiger partial charge in [0.05, 0.1) is 13.2 Å². The topological polar surface area (TPSA) is 195 Å². The molecule has 2 atom stereocenters. The number of carbonyl (C=O) groups is 4. The number of nitrogens with zero attached hydrogens (tertiary/aromatic N) is 3. The van der Waals surface area contributed by atoms with Gasteiger partial charge in [0.1, 0.15) is 36.5 Å². The Kier molecular flexibility index (Phi) is 9.89. The third kappa shape index (κ3) is 6.53. The molecule has 1 aromatic rings. The van der Waals surface area contributed by atoms with Gasteiger partial charge in [0.25, 0.3) is 11.8 Å². The van der Waals surface area contributed by atoms with Crippen molar-refractivity contribution in [2.75, 3.05) is 37.8 Å². The number of esters is 1. The zero-order valence-electron chi connectivity index (χ0n) is 20.8. The molecule has 0 aliphatic carbocycles. The van der Waals surface area contributed by atoms with Crippen LogP contribution in [0, 0.1) is 0 Å². The van der Waals surface area contributed by atoms with Gasteiger partial charge in [0, 0.05) is 23.6 Å². The third-order valence-electron chi connectivity index (χ3n) is 4.96. The van der Waals surface area contributed by atoms with Crippen molar-refractivity contribution in [3.8, 4) is 0 Å². The van der Waals surface area contributed by atoms with Crippen molar-refractivity contribution in [2.45, 2.75) is 32.2 Å². The van der Waals surface area contributed by atoms with Gasteiger partial charge in [-0.25, -0.2) is 14.3 Å². The lowest BCUT2D eigenvalue weighted by Gasteiger charge is -2.49. The zero-order chi connectivity index (χ0) is 28.0. The Balaban J connectivity index is 1.75. The van der Waals surface area contributed by atoms with Gasteiger partial charge in [-0.05, 0) is 13.8 Å². The van der Waals surface area contributed by atoms with Crippen molar-refractivity contribution in [2.24, 2.45) is 5.16 Å². The van der Waals surface area contributed by atoms with Gasteiger partial charge < -0.3 is 20.0 Å². The number of hydrogen-bond acceptors (Lipinski definition) is 13. The van der Waals surface area contributed by atoms with Crippen LogP contribution in [0.1, 0.15) is 26.5 Å². The first-order valence-corrected chi connectivity index (χ1v) is 14.6. The molecule has 3 N–H and O–H groups in total. The van der Waals surface area contributed by atoms with Crippen LogP contribution in [0.4, 0.5) is 5.13 Å². The van der Waals surface area contributed by atoms with Crippen LogP contribution >= 0.6 is 30.8 Å². The molecule has 2 amide bonds. The monoisotopic (exact) mass is 591 g/mol. The molecule has 1 aromatic heterocycles. The Morgan fingerprint density at radius 3 is 2.55 bits per heavy atom. The lowest BCUT2D eigenvalue weighted by molar-refractivity contribution is -0.150. The number of ether oxygens (including phenoxy) is 1. The first-order chi connectivity index (χ1) is 18.0. The van der Waals surface area contributed by atoms with Gasteiger partial charge in [0.15, 0.2) is 10.8 Å². The summed E-state index contributed by atoms with van der Waals surface area (Å²) in [5, 5.41) is 19.4. The van der Waals surface area contributed by atoms with Crippen LogP contribution in [0.3, 0.4) is 0 Å². The van der Waals surface area contributed by atoms with E-state index in [1.54, 1.807) is 13.8 Å². The molecule has 0 spiro atoms. The number of nitrogens with one attached hydrogen (secondary N) is 2. The molecule has 2 aliphatic rings. The number of amides is 2. The van der Waals surface area contributed by atoms with Gasteiger partial charge in [-0.15, -0.1) is 23.1 Å². The summed E-state index contributed by atoms with van der Waals surface area (Å²) in [6.45, 7) is 4.47. The Morgan fingerprint density at radius 2 is 1.97 bits per heavy atom. The van der Waals surface area contributed by atoms with E-state index in [0.717, 1.165) is 16.2 Å². The number of anilines is 1. The van der Waals surface area contributed by atoms with E-state index in [1.807, 2.05) is 0 Å². The van der Waals surface area contributed by atoms with E-state index >= 15 is 0 Å². The second-order valence-electron chi connectivity index (χ2n) is 7.50. The minimum Gasteiger partial charge on any atom is -0.477 e. The predicted octanol–water partition coefficient (Wildman–Crippen LogP) is 1.39. The lowest BCUT2D eigenvalue weighted by atomic mass is 10.0. The number of carboxylic acid groups (broad SMARTS) is 1. The van der Waals surface area contributed by atoms with Gasteiger partial charge >= 0.3 is 19.7 Å². The van der Waals surface area contributed by atoms with E-state index in [9.17, 15) is 28.8 Å². The number of aromatic nitrogens is 1. The SMILES string of the molecule is CCOP(=O)(Nc1nc(C(=NOC)C(=O)N[C@@H]2C(=O)N3C(C(=O)O)=C(COC(C)=O)CS[C@H]23)cs1)OCC. The van der Waals surface area contributed by atoms with Crippen LogP contribution in [0.15, 0.2) is 21.8 Å². The summed E-state index contributed by atoms with van der Waals surface area (Å²) in [6, 6.07) is -1.05. The van der Waals surface area contributed by atoms with Crippen molar-refractivity contribution >= 4 is 65.4 Å². The van der Waals surface area contributed by atoms with E-state index in [1.165, 1.54) is 31.2 Å². The van der Waals surface area contributed by atoms with Crippen LogP contribution in [0.2, 0.25) is 0 Å². The number of β-lactam (4-membered cyclic amide) rings is 1. The molecule has 208 valence electrons. The number of oxime groups is 1. The highest BCUT2D eigenvalue weighted by Crippen LogP contribution is 2.48. The van der Waals surface area contributed by atoms with Crippen LogP contribution in [0.5, 0.6) is 0 Å². The minimum absolute atomic E-state index is 0.0612. The molecule has 1 saturated heterocycles. The number of fused-ring (bicyclic) bond motifs is 1. The van der Waals surface area contributed by atoms with Crippen LogP contribution < -0.4 is 10.4 Å². The standard InChI is InChI=1S/C20H26N5O10PS2/c1-5-34-36(31,35-6-2)24-20-21-12(9-38-20)13(23-32-4)16(27)22-14-17(28)25-15(19(29)30)11(7-33-10(3)26)8-37-18(14)25/h9,14,18H,5-8H2,1-4H3,(H,22,27)(H,29,30)(H,21,24,31)/t14-,18-/m1/s1. The number of aliphatic carboxylic acids is 1. The number of rotatable bonds is 13. The predicted molar refractivity (Wildman–Crippen MR) is 136 cm³/mol.